The summed E-state index contributed by atoms with van der Waals surface area (Å²) in [7, 11) is -0.842. The van der Waals surface area contributed by atoms with Crippen LogP contribution in [0.25, 0.3) is 10.9 Å². The molecule has 0 bridgehead atoms. The van der Waals surface area contributed by atoms with Crippen molar-refractivity contribution in [2.45, 2.75) is 31.2 Å². The van der Waals surface area contributed by atoms with Crippen molar-refractivity contribution >= 4 is 38.1 Å². The Morgan fingerprint density at radius 3 is 2.56 bits per heavy atom. The van der Waals surface area contributed by atoms with E-state index in [1.807, 2.05) is 36.1 Å². The lowest BCUT2D eigenvalue weighted by molar-refractivity contribution is 0.679. The molecule has 0 fully saturated rings. The Bertz CT molecular complexity index is 1500. The summed E-state index contributed by atoms with van der Waals surface area (Å²) >= 11 is 0. The van der Waals surface area contributed by atoms with Gasteiger partial charge in [-0.05, 0) is 49.7 Å². The van der Waals surface area contributed by atoms with Gasteiger partial charge in [-0.1, -0.05) is 24.8 Å². The molecule has 2 aromatic carbocycles. The van der Waals surface area contributed by atoms with Crippen LogP contribution in [0, 0.1) is 16.6 Å². The fourth-order valence-electron chi connectivity index (χ4n) is 3.33. The van der Waals surface area contributed by atoms with Gasteiger partial charge in [-0.3, -0.25) is 4.68 Å². The summed E-state index contributed by atoms with van der Waals surface area (Å²) < 4.78 is 21.4. The SMILES string of the molecule is CC[C@@H](C)Nc1nc(Nc2ccc(S(C)(=N)=O)cc2)ncc1C#Cc1cccc2c1cnn2C. The number of aromatic nitrogens is 4. The van der Waals surface area contributed by atoms with Crippen LogP contribution in [0.15, 0.2) is 59.8 Å². The lowest BCUT2D eigenvalue weighted by atomic mass is 10.1. The van der Waals surface area contributed by atoms with Gasteiger partial charge in [0.2, 0.25) is 5.95 Å². The number of rotatable bonds is 6. The number of benzene rings is 2. The standard InChI is InChI=1S/C25H27N7OS/c1-5-17(2)29-24-19(10-9-18-7-6-8-23-22(18)16-28-32(23)3)15-27-25(31-24)30-20-11-13-21(14-12-20)34(4,26)33/h6-8,11-17,26H,5H2,1-4H3,(H2,27,29,30,31)/t17-,34?/m1/s1. The van der Waals surface area contributed by atoms with Crippen molar-refractivity contribution in [2.75, 3.05) is 16.9 Å². The van der Waals surface area contributed by atoms with Crippen molar-refractivity contribution in [1.29, 1.82) is 4.78 Å². The maximum absolute atomic E-state index is 11.9. The fraction of sp³-hybridized carbons (Fsp3) is 0.240. The minimum atomic E-state index is -2.75. The molecule has 1 unspecified atom stereocenters. The zero-order chi connectivity index (χ0) is 24.3. The van der Waals surface area contributed by atoms with Crippen molar-refractivity contribution in [2.24, 2.45) is 7.05 Å². The molecular weight excluding hydrogens is 446 g/mol. The minimum absolute atomic E-state index is 0.207. The first kappa shape index (κ1) is 23.3. The van der Waals surface area contributed by atoms with Crippen LogP contribution < -0.4 is 10.6 Å². The average molecular weight is 474 g/mol. The van der Waals surface area contributed by atoms with Crippen molar-refractivity contribution in [1.82, 2.24) is 19.7 Å². The molecule has 0 radical (unpaired) electrons. The van der Waals surface area contributed by atoms with Crippen molar-refractivity contribution < 1.29 is 4.21 Å². The highest BCUT2D eigenvalue weighted by molar-refractivity contribution is 7.91. The number of nitrogens with zero attached hydrogens (tertiary/aromatic N) is 4. The summed E-state index contributed by atoms with van der Waals surface area (Å²) in [5, 5.41) is 11.9. The van der Waals surface area contributed by atoms with E-state index in [0.717, 1.165) is 28.6 Å². The van der Waals surface area contributed by atoms with Crippen LogP contribution in [0.3, 0.4) is 0 Å². The molecule has 0 aliphatic heterocycles. The zero-order valence-electron chi connectivity index (χ0n) is 19.6. The number of nitrogens with one attached hydrogen (secondary N) is 3. The quantitative estimate of drug-likeness (QED) is 0.349. The monoisotopic (exact) mass is 473 g/mol. The van der Waals surface area contributed by atoms with Crippen LogP contribution in [0.2, 0.25) is 0 Å². The van der Waals surface area contributed by atoms with E-state index in [-0.39, 0.29) is 6.04 Å². The van der Waals surface area contributed by atoms with E-state index >= 15 is 0 Å². The second kappa shape index (κ2) is 9.53. The predicted molar refractivity (Wildman–Crippen MR) is 137 cm³/mol. The highest BCUT2D eigenvalue weighted by Gasteiger charge is 2.10. The smallest absolute Gasteiger partial charge is 0.229 e. The van der Waals surface area contributed by atoms with Gasteiger partial charge < -0.3 is 10.6 Å². The molecule has 174 valence electrons. The van der Waals surface area contributed by atoms with Gasteiger partial charge in [0.15, 0.2) is 0 Å². The highest BCUT2D eigenvalue weighted by atomic mass is 32.2. The summed E-state index contributed by atoms with van der Waals surface area (Å²) in [5.41, 5.74) is 3.35. The normalized spacial score (nSPS) is 13.5. The fourth-order valence-corrected chi connectivity index (χ4v) is 3.98. The summed E-state index contributed by atoms with van der Waals surface area (Å²) in [6, 6.07) is 13.1. The van der Waals surface area contributed by atoms with Crippen molar-refractivity contribution in [3.8, 4) is 11.8 Å². The van der Waals surface area contributed by atoms with E-state index < -0.39 is 9.73 Å². The van der Waals surface area contributed by atoms with Gasteiger partial charge in [0.05, 0.1) is 33.2 Å². The van der Waals surface area contributed by atoms with Gasteiger partial charge in [0.1, 0.15) is 5.82 Å². The molecule has 3 N–H and O–H groups in total. The van der Waals surface area contributed by atoms with Gasteiger partial charge in [-0.2, -0.15) is 10.1 Å². The molecule has 2 atom stereocenters. The largest absolute Gasteiger partial charge is 0.366 e. The molecular formula is C25H27N7OS. The highest BCUT2D eigenvalue weighted by Crippen LogP contribution is 2.21. The molecule has 2 aromatic heterocycles. The molecule has 0 saturated heterocycles. The van der Waals surface area contributed by atoms with Crippen LogP contribution in [0.1, 0.15) is 31.4 Å². The van der Waals surface area contributed by atoms with Gasteiger partial charge in [-0.15, -0.1) is 0 Å². The lowest BCUT2D eigenvalue weighted by Crippen LogP contribution is -2.16. The lowest BCUT2D eigenvalue weighted by Gasteiger charge is -2.15. The number of hydrogen-bond acceptors (Lipinski definition) is 7. The number of anilines is 3. The van der Waals surface area contributed by atoms with E-state index in [9.17, 15) is 4.21 Å². The van der Waals surface area contributed by atoms with Crippen LogP contribution in [-0.2, 0) is 16.8 Å². The second-order valence-corrected chi connectivity index (χ2v) is 10.3. The average Bonchev–Trinajstić information content (AvgIpc) is 3.19. The molecule has 4 rings (SSSR count). The van der Waals surface area contributed by atoms with E-state index in [1.54, 1.807) is 30.5 Å². The van der Waals surface area contributed by atoms with Gasteiger partial charge in [0.25, 0.3) is 0 Å². The molecule has 0 amide bonds. The molecule has 0 aliphatic carbocycles. The molecule has 34 heavy (non-hydrogen) atoms. The molecule has 2 heterocycles. The third-order valence-electron chi connectivity index (χ3n) is 5.47. The Hall–Kier alpha value is -3.90. The van der Waals surface area contributed by atoms with Crippen LogP contribution in [0.5, 0.6) is 0 Å². The number of hydrogen-bond donors (Lipinski definition) is 3. The van der Waals surface area contributed by atoms with E-state index in [2.05, 4.69) is 51.4 Å². The maximum Gasteiger partial charge on any atom is 0.229 e. The van der Waals surface area contributed by atoms with Gasteiger partial charge in [-0.25, -0.2) is 14.0 Å². The molecule has 0 aliphatic rings. The van der Waals surface area contributed by atoms with Crippen LogP contribution in [-0.4, -0.2) is 36.3 Å². The summed E-state index contributed by atoms with van der Waals surface area (Å²) in [6.45, 7) is 4.19. The summed E-state index contributed by atoms with van der Waals surface area (Å²) in [6.07, 6.45) is 5.86. The van der Waals surface area contributed by atoms with Crippen LogP contribution in [0.4, 0.5) is 17.5 Å². The number of fused-ring (bicyclic) bond motifs is 1. The first-order valence-electron chi connectivity index (χ1n) is 10.9. The Morgan fingerprint density at radius 2 is 1.85 bits per heavy atom. The minimum Gasteiger partial charge on any atom is -0.366 e. The Morgan fingerprint density at radius 1 is 1.12 bits per heavy atom. The third kappa shape index (κ3) is 5.18. The van der Waals surface area contributed by atoms with Crippen molar-refractivity contribution in [3.63, 3.8) is 0 Å². The Balaban J connectivity index is 1.65. The van der Waals surface area contributed by atoms with Crippen molar-refractivity contribution in [3.05, 3.63) is 66.0 Å². The van der Waals surface area contributed by atoms with E-state index in [1.165, 1.54) is 6.26 Å². The van der Waals surface area contributed by atoms with Gasteiger partial charge >= 0.3 is 0 Å². The van der Waals surface area contributed by atoms with Crippen LogP contribution >= 0.6 is 0 Å². The molecule has 0 saturated carbocycles. The predicted octanol–water partition coefficient (Wildman–Crippen LogP) is 4.75. The molecule has 4 aromatic rings. The summed E-state index contributed by atoms with van der Waals surface area (Å²) in [5.74, 6) is 7.54. The topological polar surface area (TPSA) is 109 Å². The summed E-state index contributed by atoms with van der Waals surface area (Å²) in [4.78, 5) is 9.58. The molecule has 9 heteroatoms. The Kier molecular flexibility index (Phi) is 6.52. The maximum atomic E-state index is 11.9. The molecule has 0 spiro atoms. The third-order valence-corrected chi connectivity index (χ3v) is 6.64. The number of aryl methyl sites for hydroxylation is 1. The zero-order valence-corrected chi connectivity index (χ0v) is 20.4. The Labute approximate surface area is 199 Å². The molecule has 8 nitrogen and oxygen atoms in total. The first-order valence-corrected chi connectivity index (χ1v) is 12.9. The second-order valence-electron chi connectivity index (χ2n) is 8.16. The van der Waals surface area contributed by atoms with Gasteiger partial charge in [0, 0.05) is 40.9 Å². The first-order chi connectivity index (χ1) is 16.2. The van der Waals surface area contributed by atoms with E-state index in [4.69, 9.17) is 4.78 Å². The van der Waals surface area contributed by atoms with E-state index in [0.29, 0.717) is 22.2 Å².